The van der Waals surface area contributed by atoms with Gasteiger partial charge in [0.05, 0.1) is 18.2 Å². The number of aliphatic hydroxyl groups is 1. The zero-order chi connectivity index (χ0) is 10.8. The van der Waals surface area contributed by atoms with Crippen LogP contribution >= 0.6 is 0 Å². The lowest BCUT2D eigenvalue weighted by Crippen LogP contribution is -2.23. The van der Waals surface area contributed by atoms with E-state index in [1.807, 2.05) is 18.2 Å². The highest BCUT2D eigenvalue weighted by atomic mass is 16.3. The van der Waals surface area contributed by atoms with Gasteiger partial charge in [-0.15, -0.1) is 0 Å². The Morgan fingerprint density at radius 2 is 2.40 bits per heavy atom. The fourth-order valence-corrected chi connectivity index (χ4v) is 2.15. The third-order valence-electron chi connectivity index (χ3n) is 3.03. The molecular formula is C12H14N2O. The van der Waals surface area contributed by atoms with Gasteiger partial charge in [0.1, 0.15) is 0 Å². The van der Waals surface area contributed by atoms with E-state index in [2.05, 4.69) is 17.9 Å². The second kappa shape index (κ2) is 4.01. The van der Waals surface area contributed by atoms with Crippen molar-refractivity contribution in [2.45, 2.75) is 19.5 Å². The van der Waals surface area contributed by atoms with Crippen LogP contribution in [0.4, 0.5) is 0 Å². The zero-order valence-corrected chi connectivity index (χ0v) is 8.77. The van der Waals surface area contributed by atoms with Crippen LogP contribution in [-0.4, -0.2) is 23.2 Å². The normalized spacial score (nSPS) is 19.9. The van der Waals surface area contributed by atoms with Gasteiger partial charge in [-0.25, -0.2) is 0 Å². The smallest absolute Gasteiger partial charge is 0.0991 e. The van der Waals surface area contributed by atoms with E-state index < -0.39 is 0 Å². The summed E-state index contributed by atoms with van der Waals surface area (Å²) in [4.78, 5) is 2.21. The SMILES string of the molecule is CC1c2cc(C#N)ccc2CN1CCO. The molecule has 0 saturated carbocycles. The lowest BCUT2D eigenvalue weighted by molar-refractivity contribution is 0.169. The van der Waals surface area contributed by atoms with E-state index in [0.29, 0.717) is 18.2 Å². The molecule has 0 aliphatic carbocycles. The van der Waals surface area contributed by atoms with E-state index in [9.17, 15) is 0 Å². The maximum Gasteiger partial charge on any atom is 0.0991 e. The van der Waals surface area contributed by atoms with Crippen LogP contribution in [0.5, 0.6) is 0 Å². The van der Waals surface area contributed by atoms with Crippen molar-refractivity contribution in [3.8, 4) is 6.07 Å². The molecule has 1 aliphatic heterocycles. The molecule has 0 saturated heterocycles. The number of β-amino-alcohol motifs (C(OH)–C–C–N with tert-alkyl or cyclic N) is 1. The average molecular weight is 202 g/mol. The van der Waals surface area contributed by atoms with Crippen LogP contribution in [0.2, 0.25) is 0 Å². The second-order valence-corrected chi connectivity index (χ2v) is 3.90. The van der Waals surface area contributed by atoms with Crippen molar-refractivity contribution in [1.82, 2.24) is 4.90 Å². The molecule has 78 valence electrons. The topological polar surface area (TPSA) is 47.3 Å². The Morgan fingerprint density at radius 3 is 3.07 bits per heavy atom. The van der Waals surface area contributed by atoms with Crippen molar-refractivity contribution in [1.29, 1.82) is 5.26 Å². The first-order chi connectivity index (χ1) is 7.26. The molecule has 0 radical (unpaired) electrons. The molecule has 15 heavy (non-hydrogen) atoms. The van der Waals surface area contributed by atoms with Crippen molar-refractivity contribution < 1.29 is 5.11 Å². The van der Waals surface area contributed by atoms with E-state index in [1.165, 1.54) is 11.1 Å². The van der Waals surface area contributed by atoms with E-state index in [-0.39, 0.29) is 6.61 Å². The predicted octanol–water partition coefficient (Wildman–Crippen LogP) is 1.43. The summed E-state index contributed by atoms with van der Waals surface area (Å²) in [5.74, 6) is 0. The van der Waals surface area contributed by atoms with Crippen LogP contribution in [0, 0.1) is 11.3 Å². The van der Waals surface area contributed by atoms with Gasteiger partial charge in [0, 0.05) is 19.1 Å². The fraction of sp³-hybridized carbons (Fsp3) is 0.417. The van der Waals surface area contributed by atoms with E-state index >= 15 is 0 Å². The maximum atomic E-state index is 8.93. The van der Waals surface area contributed by atoms with Crippen LogP contribution in [-0.2, 0) is 6.54 Å². The largest absolute Gasteiger partial charge is 0.395 e. The number of aliphatic hydroxyl groups excluding tert-OH is 1. The van der Waals surface area contributed by atoms with E-state index in [1.54, 1.807) is 0 Å². The van der Waals surface area contributed by atoms with E-state index in [0.717, 1.165) is 6.54 Å². The number of nitrogens with zero attached hydrogens (tertiary/aromatic N) is 2. The summed E-state index contributed by atoms with van der Waals surface area (Å²) in [6, 6.07) is 8.29. The first-order valence-corrected chi connectivity index (χ1v) is 5.14. The molecule has 3 nitrogen and oxygen atoms in total. The van der Waals surface area contributed by atoms with Crippen molar-refractivity contribution in [3.05, 3.63) is 34.9 Å². The molecule has 1 atom stereocenters. The average Bonchev–Trinajstić information content (AvgIpc) is 2.56. The van der Waals surface area contributed by atoms with Crippen LogP contribution < -0.4 is 0 Å². The van der Waals surface area contributed by atoms with Gasteiger partial charge in [-0.05, 0) is 30.2 Å². The minimum Gasteiger partial charge on any atom is -0.395 e. The summed E-state index contributed by atoms with van der Waals surface area (Å²) in [7, 11) is 0. The minimum absolute atomic E-state index is 0.184. The fourth-order valence-electron chi connectivity index (χ4n) is 2.15. The molecule has 0 aromatic heterocycles. The molecule has 0 spiro atoms. The molecule has 2 rings (SSSR count). The van der Waals surface area contributed by atoms with Gasteiger partial charge in [-0.2, -0.15) is 5.26 Å². The lowest BCUT2D eigenvalue weighted by Gasteiger charge is -2.19. The first kappa shape index (κ1) is 10.2. The Kier molecular flexibility index (Phi) is 2.72. The first-order valence-electron chi connectivity index (χ1n) is 5.14. The van der Waals surface area contributed by atoms with Gasteiger partial charge < -0.3 is 5.11 Å². The number of hydrogen-bond donors (Lipinski definition) is 1. The lowest BCUT2D eigenvalue weighted by atomic mass is 10.0. The highest BCUT2D eigenvalue weighted by Gasteiger charge is 2.25. The molecule has 1 heterocycles. The Bertz CT molecular complexity index is 409. The summed E-state index contributed by atoms with van der Waals surface area (Å²) in [5.41, 5.74) is 3.21. The van der Waals surface area contributed by atoms with Gasteiger partial charge >= 0.3 is 0 Å². The van der Waals surface area contributed by atoms with Crippen molar-refractivity contribution in [2.75, 3.05) is 13.2 Å². The highest BCUT2D eigenvalue weighted by molar-refractivity contribution is 5.41. The van der Waals surface area contributed by atoms with Crippen LogP contribution in [0.3, 0.4) is 0 Å². The highest BCUT2D eigenvalue weighted by Crippen LogP contribution is 2.33. The molecule has 1 unspecified atom stereocenters. The van der Waals surface area contributed by atoms with Crippen molar-refractivity contribution in [2.24, 2.45) is 0 Å². The Morgan fingerprint density at radius 1 is 1.60 bits per heavy atom. The zero-order valence-electron chi connectivity index (χ0n) is 8.77. The van der Waals surface area contributed by atoms with E-state index in [4.69, 9.17) is 10.4 Å². The van der Waals surface area contributed by atoms with Gasteiger partial charge in [0.25, 0.3) is 0 Å². The number of benzene rings is 1. The summed E-state index contributed by atoms with van der Waals surface area (Å²) in [5, 5.41) is 17.8. The Labute approximate surface area is 89.6 Å². The van der Waals surface area contributed by atoms with Crippen molar-refractivity contribution >= 4 is 0 Å². The minimum atomic E-state index is 0.184. The second-order valence-electron chi connectivity index (χ2n) is 3.90. The summed E-state index contributed by atoms with van der Waals surface area (Å²) >= 11 is 0. The molecule has 0 bridgehead atoms. The predicted molar refractivity (Wildman–Crippen MR) is 57.1 cm³/mol. The number of hydrogen-bond acceptors (Lipinski definition) is 3. The molecular weight excluding hydrogens is 188 g/mol. The number of fused-ring (bicyclic) bond motifs is 1. The van der Waals surface area contributed by atoms with Gasteiger partial charge in [0.2, 0.25) is 0 Å². The molecule has 0 amide bonds. The molecule has 0 fully saturated rings. The molecule has 1 aromatic rings. The third kappa shape index (κ3) is 1.74. The van der Waals surface area contributed by atoms with Crippen molar-refractivity contribution in [3.63, 3.8) is 0 Å². The van der Waals surface area contributed by atoms with Gasteiger partial charge in [-0.1, -0.05) is 6.07 Å². The summed E-state index contributed by atoms with van der Waals surface area (Å²) < 4.78 is 0. The Balaban J connectivity index is 2.30. The molecule has 3 heteroatoms. The number of nitriles is 1. The number of rotatable bonds is 2. The van der Waals surface area contributed by atoms with Gasteiger partial charge in [0.15, 0.2) is 0 Å². The van der Waals surface area contributed by atoms with Crippen LogP contribution in [0.1, 0.15) is 29.7 Å². The summed E-state index contributed by atoms with van der Waals surface area (Å²) in [6.07, 6.45) is 0. The summed E-state index contributed by atoms with van der Waals surface area (Å²) in [6.45, 7) is 3.87. The standard InChI is InChI=1S/C12H14N2O/c1-9-12-6-10(7-13)2-3-11(12)8-14(9)4-5-15/h2-3,6,9,15H,4-5,8H2,1H3. The monoisotopic (exact) mass is 202 g/mol. The quantitative estimate of drug-likeness (QED) is 0.789. The maximum absolute atomic E-state index is 8.93. The third-order valence-corrected chi connectivity index (χ3v) is 3.03. The Hall–Kier alpha value is -1.37. The van der Waals surface area contributed by atoms with Gasteiger partial charge in [-0.3, -0.25) is 4.90 Å². The van der Waals surface area contributed by atoms with Crippen LogP contribution in [0.15, 0.2) is 18.2 Å². The molecule has 1 aromatic carbocycles. The molecule has 1 N–H and O–H groups in total. The molecule has 1 aliphatic rings. The van der Waals surface area contributed by atoms with Crippen LogP contribution in [0.25, 0.3) is 0 Å².